The molecule has 0 aliphatic carbocycles. The van der Waals surface area contributed by atoms with Crippen molar-refractivity contribution in [3.63, 3.8) is 0 Å². The minimum absolute atomic E-state index is 0.0633. The maximum atomic E-state index is 13.2. The molecule has 0 saturated heterocycles. The van der Waals surface area contributed by atoms with Crippen molar-refractivity contribution in [2.75, 3.05) is 11.4 Å². The van der Waals surface area contributed by atoms with Gasteiger partial charge in [-0.2, -0.15) is 36.6 Å². The highest BCUT2D eigenvalue weighted by Gasteiger charge is 2.36. The lowest BCUT2D eigenvalue weighted by Gasteiger charge is -2.25. The second-order valence-electron chi connectivity index (χ2n) is 6.19. The second kappa shape index (κ2) is 8.06. The number of hydrogen-bond donors (Lipinski definition) is 0. The van der Waals surface area contributed by atoms with Gasteiger partial charge in [0.15, 0.2) is 5.82 Å². The standard InChI is InChI=1S/C19H12F6N4O/c20-18(21,22)11-29(14-7-6-13(9-26)15(8-14)19(23,24)25)10-16-27-17(30-28-16)12-4-2-1-3-5-12/h1-8H,10-11H2. The lowest BCUT2D eigenvalue weighted by Crippen LogP contribution is -2.34. The number of benzene rings is 2. The molecule has 0 unspecified atom stereocenters. The van der Waals surface area contributed by atoms with Crippen LogP contribution in [0.25, 0.3) is 11.5 Å². The lowest BCUT2D eigenvalue weighted by molar-refractivity contribution is -0.137. The molecule has 0 N–H and O–H groups in total. The van der Waals surface area contributed by atoms with E-state index in [4.69, 9.17) is 9.78 Å². The summed E-state index contributed by atoms with van der Waals surface area (Å²) in [6, 6.07) is 12.2. The molecule has 3 rings (SSSR count). The summed E-state index contributed by atoms with van der Waals surface area (Å²) in [5.41, 5.74) is -1.86. The first-order valence-corrected chi connectivity index (χ1v) is 8.38. The SMILES string of the molecule is N#Cc1ccc(N(Cc2noc(-c3ccccc3)n2)CC(F)(F)F)cc1C(F)(F)F. The van der Waals surface area contributed by atoms with Gasteiger partial charge in [0.25, 0.3) is 5.89 Å². The van der Waals surface area contributed by atoms with Gasteiger partial charge < -0.3 is 9.42 Å². The van der Waals surface area contributed by atoms with Gasteiger partial charge in [-0.3, -0.25) is 0 Å². The molecule has 1 aromatic heterocycles. The van der Waals surface area contributed by atoms with Gasteiger partial charge in [-0.05, 0) is 30.3 Å². The molecule has 0 fully saturated rings. The van der Waals surface area contributed by atoms with Gasteiger partial charge >= 0.3 is 12.4 Å². The zero-order valence-electron chi connectivity index (χ0n) is 15.0. The van der Waals surface area contributed by atoms with Crippen LogP contribution in [-0.2, 0) is 12.7 Å². The van der Waals surface area contributed by atoms with Crippen molar-refractivity contribution in [2.24, 2.45) is 0 Å². The average molecular weight is 426 g/mol. The summed E-state index contributed by atoms with van der Waals surface area (Å²) in [6.45, 7) is -2.11. The van der Waals surface area contributed by atoms with E-state index >= 15 is 0 Å². The van der Waals surface area contributed by atoms with E-state index in [1.807, 2.05) is 0 Å². The third kappa shape index (κ3) is 5.08. The zero-order valence-corrected chi connectivity index (χ0v) is 15.0. The van der Waals surface area contributed by atoms with E-state index in [9.17, 15) is 26.3 Å². The topological polar surface area (TPSA) is 66.0 Å². The molecule has 0 aliphatic heterocycles. The molecule has 0 atom stereocenters. The second-order valence-corrected chi connectivity index (χ2v) is 6.19. The van der Waals surface area contributed by atoms with Crippen LogP contribution < -0.4 is 4.90 Å². The first-order chi connectivity index (χ1) is 14.1. The van der Waals surface area contributed by atoms with Gasteiger partial charge in [-0.15, -0.1) is 0 Å². The number of rotatable bonds is 5. The molecule has 5 nitrogen and oxygen atoms in total. The molecule has 0 saturated carbocycles. The van der Waals surface area contributed by atoms with Crippen molar-refractivity contribution in [1.29, 1.82) is 5.26 Å². The summed E-state index contributed by atoms with van der Waals surface area (Å²) in [5.74, 6) is -0.0793. The maximum absolute atomic E-state index is 13.2. The van der Waals surface area contributed by atoms with E-state index in [2.05, 4.69) is 10.1 Å². The fraction of sp³-hybridized carbons (Fsp3) is 0.211. The Balaban J connectivity index is 1.95. The van der Waals surface area contributed by atoms with Crippen molar-refractivity contribution < 1.29 is 30.9 Å². The molecule has 0 bridgehead atoms. The van der Waals surface area contributed by atoms with E-state index in [-0.39, 0.29) is 17.4 Å². The number of nitriles is 1. The highest BCUT2D eigenvalue weighted by atomic mass is 19.4. The summed E-state index contributed by atoms with van der Waals surface area (Å²) < 4.78 is 83.8. The fourth-order valence-electron chi connectivity index (χ4n) is 2.70. The Morgan fingerprint density at radius 1 is 1.00 bits per heavy atom. The molecule has 3 aromatic rings. The highest BCUT2D eigenvalue weighted by molar-refractivity contribution is 5.55. The Morgan fingerprint density at radius 2 is 1.70 bits per heavy atom. The first-order valence-electron chi connectivity index (χ1n) is 8.38. The fourth-order valence-corrected chi connectivity index (χ4v) is 2.70. The van der Waals surface area contributed by atoms with Gasteiger partial charge in [0.1, 0.15) is 6.54 Å². The molecule has 1 heterocycles. The van der Waals surface area contributed by atoms with Gasteiger partial charge in [-0.25, -0.2) is 0 Å². The number of alkyl halides is 6. The van der Waals surface area contributed by atoms with Gasteiger partial charge in [0, 0.05) is 11.3 Å². The molecule has 156 valence electrons. The normalized spacial score (nSPS) is 11.9. The van der Waals surface area contributed by atoms with Crippen molar-refractivity contribution in [3.8, 4) is 17.5 Å². The van der Waals surface area contributed by atoms with Crippen LogP contribution in [0, 0.1) is 11.3 Å². The molecule has 11 heteroatoms. The van der Waals surface area contributed by atoms with Crippen molar-refractivity contribution in [2.45, 2.75) is 18.9 Å². The predicted octanol–water partition coefficient (Wildman–Crippen LogP) is 5.20. The Morgan fingerprint density at radius 3 is 2.30 bits per heavy atom. The Hall–Kier alpha value is -3.55. The maximum Gasteiger partial charge on any atom is 0.417 e. The summed E-state index contributed by atoms with van der Waals surface area (Å²) in [5, 5.41) is 12.5. The molecular formula is C19H12F6N4O. The number of nitrogens with zero attached hydrogens (tertiary/aromatic N) is 4. The minimum Gasteiger partial charge on any atom is -0.355 e. The number of hydrogen-bond acceptors (Lipinski definition) is 5. The number of aromatic nitrogens is 2. The van der Waals surface area contributed by atoms with Crippen LogP contribution >= 0.6 is 0 Å². The van der Waals surface area contributed by atoms with Crippen LogP contribution in [0.1, 0.15) is 17.0 Å². The Bertz CT molecular complexity index is 1050. The largest absolute Gasteiger partial charge is 0.417 e. The van der Waals surface area contributed by atoms with Crippen LogP contribution in [0.5, 0.6) is 0 Å². The third-order valence-electron chi connectivity index (χ3n) is 3.99. The van der Waals surface area contributed by atoms with E-state index < -0.39 is 36.6 Å². The quantitative estimate of drug-likeness (QED) is 0.525. The van der Waals surface area contributed by atoms with Crippen LogP contribution in [0.3, 0.4) is 0 Å². The number of halogens is 6. The molecule has 0 amide bonds. The van der Waals surface area contributed by atoms with Crippen LogP contribution in [0.2, 0.25) is 0 Å². The lowest BCUT2D eigenvalue weighted by atomic mass is 10.1. The smallest absolute Gasteiger partial charge is 0.355 e. The van der Waals surface area contributed by atoms with Crippen molar-refractivity contribution in [1.82, 2.24) is 10.1 Å². The van der Waals surface area contributed by atoms with Gasteiger partial charge in [0.05, 0.1) is 23.7 Å². The summed E-state index contributed by atoms with van der Waals surface area (Å²) in [7, 11) is 0. The minimum atomic E-state index is -4.91. The van der Waals surface area contributed by atoms with E-state index in [1.165, 1.54) is 6.07 Å². The summed E-state index contributed by atoms with van der Waals surface area (Å²) in [4.78, 5) is 4.65. The molecular weight excluding hydrogens is 414 g/mol. The average Bonchev–Trinajstić information content (AvgIpc) is 3.14. The van der Waals surface area contributed by atoms with Crippen LogP contribution in [0.4, 0.5) is 32.0 Å². The summed E-state index contributed by atoms with van der Waals surface area (Å²) in [6.07, 6.45) is -9.62. The Kier molecular flexibility index (Phi) is 5.69. The molecule has 0 spiro atoms. The predicted molar refractivity (Wildman–Crippen MR) is 93.0 cm³/mol. The van der Waals surface area contributed by atoms with E-state index in [0.29, 0.717) is 16.5 Å². The molecule has 2 aromatic carbocycles. The number of anilines is 1. The molecule has 0 radical (unpaired) electrons. The summed E-state index contributed by atoms with van der Waals surface area (Å²) >= 11 is 0. The Labute approximate surface area is 166 Å². The van der Waals surface area contributed by atoms with Gasteiger partial charge in [0.2, 0.25) is 0 Å². The first kappa shape index (κ1) is 21.2. The van der Waals surface area contributed by atoms with Gasteiger partial charge in [-0.1, -0.05) is 23.4 Å². The van der Waals surface area contributed by atoms with E-state index in [0.717, 1.165) is 12.1 Å². The molecule has 30 heavy (non-hydrogen) atoms. The van der Waals surface area contributed by atoms with E-state index in [1.54, 1.807) is 30.3 Å². The third-order valence-corrected chi connectivity index (χ3v) is 3.99. The van der Waals surface area contributed by atoms with Crippen molar-refractivity contribution in [3.05, 3.63) is 65.5 Å². The van der Waals surface area contributed by atoms with Crippen LogP contribution in [0.15, 0.2) is 53.1 Å². The van der Waals surface area contributed by atoms with Crippen molar-refractivity contribution >= 4 is 5.69 Å². The molecule has 0 aliphatic rings. The zero-order chi connectivity index (χ0) is 21.9. The highest BCUT2D eigenvalue weighted by Crippen LogP contribution is 2.35. The van der Waals surface area contributed by atoms with Crippen LogP contribution in [-0.4, -0.2) is 22.9 Å². The monoisotopic (exact) mass is 426 g/mol.